The fraction of sp³-hybridized carbons (Fsp3) is 0.346. The van der Waals surface area contributed by atoms with E-state index in [0.717, 1.165) is 34.1 Å². The first-order chi connectivity index (χ1) is 16.1. The van der Waals surface area contributed by atoms with E-state index in [4.69, 9.17) is 9.47 Å². The van der Waals surface area contributed by atoms with Gasteiger partial charge in [-0.2, -0.15) is 23.5 Å². The molecule has 0 radical (unpaired) electrons. The van der Waals surface area contributed by atoms with E-state index in [1.807, 2.05) is 67.1 Å². The summed E-state index contributed by atoms with van der Waals surface area (Å²) in [4.78, 5) is 14.8. The molecule has 0 aliphatic carbocycles. The van der Waals surface area contributed by atoms with Crippen molar-refractivity contribution in [1.82, 2.24) is 10.2 Å². The van der Waals surface area contributed by atoms with Crippen molar-refractivity contribution in [3.63, 3.8) is 0 Å². The predicted octanol–water partition coefficient (Wildman–Crippen LogP) is 4.90. The van der Waals surface area contributed by atoms with Crippen molar-refractivity contribution in [2.75, 3.05) is 51.3 Å². The monoisotopic (exact) mass is 486 g/mol. The van der Waals surface area contributed by atoms with Crippen LogP contribution in [0.25, 0.3) is 12.2 Å². The van der Waals surface area contributed by atoms with Crippen LogP contribution < -0.4 is 14.8 Å². The first kappa shape index (κ1) is 26.9. The van der Waals surface area contributed by atoms with E-state index in [1.165, 1.54) is 0 Å². The third-order valence-corrected chi connectivity index (χ3v) is 6.20. The molecule has 0 aliphatic rings. The Labute approximate surface area is 206 Å². The Hall–Kier alpha value is -2.35. The van der Waals surface area contributed by atoms with Crippen LogP contribution in [0.3, 0.4) is 0 Å². The molecule has 0 saturated heterocycles. The van der Waals surface area contributed by atoms with Crippen molar-refractivity contribution in [3.05, 3.63) is 71.9 Å². The Bertz CT molecular complexity index is 883. The molecule has 1 N–H and O–H groups in total. The molecule has 0 saturated carbocycles. The summed E-state index contributed by atoms with van der Waals surface area (Å²) in [6.45, 7) is 0.947. The van der Waals surface area contributed by atoms with Crippen LogP contribution in [-0.2, 0) is 4.79 Å². The zero-order valence-corrected chi connectivity index (χ0v) is 21.5. The summed E-state index contributed by atoms with van der Waals surface area (Å²) in [6, 6.07) is 15.8. The molecule has 0 spiro atoms. The van der Waals surface area contributed by atoms with Gasteiger partial charge in [-0.15, -0.1) is 0 Å². The zero-order chi connectivity index (χ0) is 23.9. The van der Waals surface area contributed by atoms with Gasteiger partial charge in [0, 0.05) is 30.3 Å². The minimum absolute atomic E-state index is 0.0535. The largest absolute Gasteiger partial charge is 0.497 e. The molecule has 178 valence electrons. The smallest absolute Gasteiger partial charge is 0.240 e. The first-order valence-electron chi connectivity index (χ1n) is 10.7. The van der Waals surface area contributed by atoms with E-state index in [0.29, 0.717) is 6.54 Å². The summed E-state index contributed by atoms with van der Waals surface area (Å²) in [5.41, 5.74) is 2.12. The molecule has 1 amide bonds. The lowest BCUT2D eigenvalue weighted by Gasteiger charge is -2.20. The second-order valence-corrected chi connectivity index (χ2v) is 9.14. The summed E-state index contributed by atoms with van der Waals surface area (Å²) in [7, 11) is 3.31. The molecule has 0 fully saturated rings. The lowest BCUT2D eigenvalue weighted by Crippen LogP contribution is -2.40. The summed E-state index contributed by atoms with van der Waals surface area (Å²) in [5, 5.41) is 3.40. The maximum atomic E-state index is 13.0. The van der Waals surface area contributed by atoms with Crippen molar-refractivity contribution in [1.29, 1.82) is 0 Å². The van der Waals surface area contributed by atoms with Crippen LogP contribution in [0.15, 0.2) is 60.8 Å². The molecule has 33 heavy (non-hydrogen) atoms. The van der Waals surface area contributed by atoms with Gasteiger partial charge in [0.2, 0.25) is 5.91 Å². The maximum absolute atomic E-state index is 13.0. The van der Waals surface area contributed by atoms with Crippen LogP contribution in [-0.4, -0.2) is 68.2 Å². The van der Waals surface area contributed by atoms with Crippen LogP contribution in [0.4, 0.5) is 0 Å². The molecule has 0 aliphatic heterocycles. The van der Waals surface area contributed by atoms with Gasteiger partial charge in [0.05, 0.1) is 20.8 Å². The highest BCUT2D eigenvalue weighted by Crippen LogP contribution is 2.14. The lowest BCUT2D eigenvalue weighted by molar-refractivity contribution is -0.127. The number of ether oxygens (including phenoxy) is 2. The molecule has 0 aromatic heterocycles. The van der Waals surface area contributed by atoms with Crippen LogP contribution in [0, 0.1) is 0 Å². The summed E-state index contributed by atoms with van der Waals surface area (Å²) >= 11 is 3.48. The van der Waals surface area contributed by atoms with E-state index < -0.39 is 0 Å². The average molecular weight is 487 g/mol. The highest BCUT2D eigenvalue weighted by atomic mass is 32.2. The quantitative estimate of drug-likeness (QED) is 0.410. The van der Waals surface area contributed by atoms with Crippen molar-refractivity contribution in [3.8, 4) is 11.5 Å². The minimum atomic E-state index is 0.0535. The van der Waals surface area contributed by atoms with E-state index in [1.54, 1.807) is 42.6 Å². The van der Waals surface area contributed by atoms with Gasteiger partial charge in [-0.25, -0.2) is 0 Å². The molecular weight excluding hydrogens is 452 g/mol. The molecule has 5 nitrogen and oxygen atoms in total. The number of nitrogens with one attached hydrogen (secondary N) is 1. The van der Waals surface area contributed by atoms with E-state index in [9.17, 15) is 4.79 Å². The topological polar surface area (TPSA) is 50.8 Å². The van der Waals surface area contributed by atoms with E-state index >= 15 is 0 Å². The number of carbonyl (C=O) groups excluding carboxylic acids is 1. The molecular formula is C26H34N2O3S2. The maximum Gasteiger partial charge on any atom is 0.240 e. The number of hydrogen-bond donors (Lipinski definition) is 1. The van der Waals surface area contributed by atoms with Gasteiger partial charge < -0.3 is 19.7 Å². The molecule has 1 atom stereocenters. The molecule has 1 unspecified atom stereocenters. The van der Waals surface area contributed by atoms with Gasteiger partial charge in [-0.1, -0.05) is 36.4 Å². The summed E-state index contributed by atoms with van der Waals surface area (Å²) in [5.74, 6) is 3.47. The zero-order valence-electron chi connectivity index (χ0n) is 19.8. The van der Waals surface area contributed by atoms with Gasteiger partial charge >= 0.3 is 0 Å². The number of thioether (sulfide) groups is 2. The van der Waals surface area contributed by atoms with Crippen LogP contribution >= 0.6 is 23.5 Å². The summed E-state index contributed by atoms with van der Waals surface area (Å²) in [6.07, 6.45) is 12.1. The number of rotatable bonds is 14. The third-order valence-electron chi connectivity index (χ3n) is 4.92. The SMILES string of the molecule is COc1ccc(/C=C/C(CSC)NCC(=O)N(/C=C/c2ccc(OC)cc2)CCSC)cc1. The van der Waals surface area contributed by atoms with E-state index in [2.05, 4.69) is 23.7 Å². The molecule has 2 aromatic carbocycles. The number of amides is 1. The fourth-order valence-electron chi connectivity index (χ4n) is 2.99. The Balaban J connectivity index is 1.99. The van der Waals surface area contributed by atoms with Crippen molar-refractivity contribution < 1.29 is 14.3 Å². The minimum Gasteiger partial charge on any atom is -0.497 e. The van der Waals surface area contributed by atoms with E-state index in [-0.39, 0.29) is 18.5 Å². The number of benzene rings is 2. The average Bonchev–Trinajstić information content (AvgIpc) is 2.86. The van der Waals surface area contributed by atoms with Crippen LogP contribution in [0.2, 0.25) is 0 Å². The van der Waals surface area contributed by atoms with Gasteiger partial charge in [-0.3, -0.25) is 4.79 Å². The molecule has 7 heteroatoms. The molecule has 0 bridgehead atoms. The van der Waals surface area contributed by atoms with Crippen molar-refractivity contribution in [2.24, 2.45) is 0 Å². The van der Waals surface area contributed by atoms with Gasteiger partial charge in [-0.05, 0) is 54.0 Å². The van der Waals surface area contributed by atoms with Crippen molar-refractivity contribution in [2.45, 2.75) is 6.04 Å². The Morgan fingerprint density at radius 2 is 1.52 bits per heavy atom. The summed E-state index contributed by atoms with van der Waals surface area (Å²) < 4.78 is 10.4. The van der Waals surface area contributed by atoms with Crippen LogP contribution in [0.1, 0.15) is 11.1 Å². The predicted molar refractivity (Wildman–Crippen MR) is 144 cm³/mol. The standard InChI is InChI=1S/C26H34N2O3S2/c1-30-24-11-6-21(7-12-24)5-10-23(20-33-4)27-19-26(29)28(17-18-32-3)16-15-22-8-13-25(31-2)14-9-22/h5-16,23,27H,17-20H2,1-4H3/b10-5+,16-15+. The second-order valence-electron chi connectivity index (χ2n) is 7.24. The fourth-order valence-corrected chi connectivity index (χ4v) is 3.95. The number of hydrogen-bond acceptors (Lipinski definition) is 6. The number of nitrogens with zero attached hydrogens (tertiary/aromatic N) is 1. The lowest BCUT2D eigenvalue weighted by atomic mass is 10.1. The normalized spacial score (nSPS) is 12.2. The molecule has 2 rings (SSSR count). The second kappa shape index (κ2) is 15.5. The van der Waals surface area contributed by atoms with Crippen molar-refractivity contribution >= 4 is 41.6 Å². The first-order valence-corrected chi connectivity index (χ1v) is 13.5. The van der Waals surface area contributed by atoms with Gasteiger partial charge in [0.15, 0.2) is 0 Å². The molecule has 2 aromatic rings. The Morgan fingerprint density at radius 1 is 0.939 bits per heavy atom. The van der Waals surface area contributed by atoms with Gasteiger partial charge in [0.25, 0.3) is 0 Å². The highest BCUT2D eigenvalue weighted by Gasteiger charge is 2.13. The van der Waals surface area contributed by atoms with Gasteiger partial charge in [0.1, 0.15) is 11.5 Å². The third kappa shape index (κ3) is 9.98. The molecule has 0 heterocycles. The number of carbonyl (C=O) groups is 1. The highest BCUT2D eigenvalue weighted by molar-refractivity contribution is 7.98. The number of methoxy groups -OCH3 is 2. The van der Waals surface area contributed by atoms with Crippen LogP contribution in [0.5, 0.6) is 11.5 Å². The Kier molecular flexibility index (Phi) is 12.6. The Morgan fingerprint density at radius 3 is 2.03 bits per heavy atom.